The van der Waals surface area contributed by atoms with Crippen molar-refractivity contribution in [2.75, 3.05) is 0 Å². The van der Waals surface area contributed by atoms with E-state index >= 15 is 0 Å². The van der Waals surface area contributed by atoms with E-state index in [0.29, 0.717) is 10.9 Å². The monoisotopic (exact) mass is 201 g/mol. The van der Waals surface area contributed by atoms with E-state index in [9.17, 15) is 9.50 Å². The van der Waals surface area contributed by atoms with Gasteiger partial charge in [-0.25, -0.2) is 4.39 Å². The van der Waals surface area contributed by atoms with E-state index in [1.807, 2.05) is 24.3 Å². The lowest BCUT2D eigenvalue weighted by Crippen LogP contribution is -1.76. The molecule has 1 heterocycles. The molecule has 3 aromatic rings. The van der Waals surface area contributed by atoms with Crippen LogP contribution in [-0.4, -0.2) is 10.1 Å². The average molecular weight is 201 g/mol. The van der Waals surface area contributed by atoms with Crippen molar-refractivity contribution in [1.29, 1.82) is 0 Å². The van der Waals surface area contributed by atoms with Gasteiger partial charge >= 0.3 is 0 Å². The fraction of sp³-hybridized carbons (Fsp3) is 0. The van der Waals surface area contributed by atoms with Crippen LogP contribution in [0.3, 0.4) is 0 Å². The zero-order chi connectivity index (χ0) is 10.4. The van der Waals surface area contributed by atoms with E-state index in [4.69, 9.17) is 0 Å². The highest BCUT2D eigenvalue weighted by Crippen LogP contribution is 2.33. The molecule has 0 aliphatic carbocycles. The molecule has 0 amide bonds. The molecule has 3 rings (SSSR count). The maximum Gasteiger partial charge on any atom is 0.147 e. The Morgan fingerprint density at radius 3 is 2.73 bits per heavy atom. The second-order valence-electron chi connectivity index (χ2n) is 3.49. The first kappa shape index (κ1) is 8.29. The summed E-state index contributed by atoms with van der Waals surface area (Å²) in [7, 11) is 0. The van der Waals surface area contributed by atoms with Gasteiger partial charge in [-0.1, -0.05) is 18.2 Å². The van der Waals surface area contributed by atoms with E-state index in [-0.39, 0.29) is 11.6 Å². The van der Waals surface area contributed by atoms with Crippen molar-refractivity contribution in [3.05, 3.63) is 42.2 Å². The lowest BCUT2D eigenvalue weighted by Gasteiger charge is -1.96. The second kappa shape index (κ2) is 2.73. The maximum absolute atomic E-state index is 13.5. The quantitative estimate of drug-likeness (QED) is 0.575. The number of hydrogen-bond donors (Lipinski definition) is 2. The van der Waals surface area contributed by atoms with Gasteiger partial charge in [0.15, 0.2) is 0 Å². The Kier molecular flexibility index (Phi) is 1.51. The summed E-state index contributed by atoms with van der Waals surface area (Å²) in [5, 5.41) is 11.1. The standard InChI is InChI=1S/C12H8FNO/c13-8-5-6-10(15)11-7-3-1-2-4-9(7)14-12(8)11/h1-6,14-15H. The maximum atomic E-state index is 13.5. The molecule has 0 saturated carbocycles. The number of hydrogen-bond acceptors (Lipinski definition) is 1. The number of H-pyrrole nitrogens is 1. The Balaban J connectivity index is 2.66. The smallest absolute Gasteiger partial charge is 0.147 e. The summed E-state index contributed by atoms with van der Waals surface area (Å²) in [6.07, 6.45) is 0. The van der Waals surface area contributed by atoms with Crippen molar-refractivity contribution in [2.45, 2.75) is 0 Å². The van der Waals surface area contributed by atoms with Gasteiger partial charge in [0.1, 0.15) is 11.6 Å². The first-order chi connectivity index (χ1) is 7.27. The second-order valence-corrected chi connectivity index (χ2v) is 3.49. The summed E-state index contributed by atoms with van der Waals surface area (Å²) in [5.74, 6) is -0.247. The van der Waals surface area contributed by atoms with Gasteiger partial charge in [-0.2, -0.15) is 0 Å². The highest BCUT2D eigenvalue weighted by atomic mass is 19.1. The molecule has 0 fully saturated rings. The Morgan fingerprint density at radius 2 is 1.87 bits per heavy atom. The van der Waals surface area contributed by atoms with Gasteiger partial charge in [-0.05, 0) is 18.2 Å². The highest BCUT2D eigenvalue weighted by Gasteiger charge is 2.10. The summed E-state index contributed by atoms with van der Waals surface area (Å²) in [6, 6.07) is 10.1. The van der Waals surface area contributed by atoms with Crippen LogP contribution in [0, 0.1) is 5.82 Å². The third-order valence-corrected chi connectivity index (χ3v) is 2.59. The predicted molar refractivity (Wildman–Crippen MR) is 57.4 cm³/mol. The number of halogens is 1. The van der Waals surface area contributed by atoms with Gasteiger partial charge in [0.05, 0.1) is 10.9 Å². The third-order valence-electron chi connectivity index (χ3n) is 2.59. The fourth-order valence-corrected chi connectivity index (χ4v) is 1.91. The van der Waals surface area contributed by atoms with Gasteiger partial charge < -0.3 is 10.1 Å². The Hall–Kier alpha value is -2.03. The van der Waals surface area contributed by atoms with Crippen LogP contribution in [0.5, 0.6) is 5.75 Å². The topological polar surface area (TPSA) is 36.0 Å². The zero-order valence-electron chi connectivity index (χ0n) is 7.79. The van der Waals surface area contributed by atoms with E-state index in [1.165, 1.54) is 12.1 Å². The van der Waals surface area contributed by atoms with Crippen LogP contribution in [0.15, 0.2) is 36.4 Å². The Labute approximate surface area is 85.0 Å². The number of phenolic OH excluding ortho intramolecular Hbond substituents is 1. The van der Waals surface area contributed by atoms with Crippen LogP contribution < -0.4 is 0 Å². The van der Waals surface area contributed by atoms with Crippen LogP contribution in [0.2, 0.25) is 0 Å². The zero-order valence-corrected chi connectivity index (χ0v) is 7.79. The van der Waals surface area contributed by atoms with E-state index in [2.05, 4.69) is 4.98 Å². The molecule has 2 nitrogen and oxygen atoms in total. The van der Waals surface area contributed by atoms with Gasteiger partial charge in [0.2, 0.25) is 0 Å². The van der Waals surface area contributed by atoms with Gasteiger partial charge in [-0.15, -0.1) is 0 Å². The van der Waals surface area contributed by atoms with Crippen LogP contribution in [0.4, 0.5) is 4.39 Å². The van der Waals surface area contributed by atoms with Crippen molar-refractivity contribution in [3.63, 3.8) is 0 Å². The summed E-state index contributed by atoms with van der Waals surface area (Å²) >= 11 is 0. The number of aromatic nitrogens is 1. The molecule has 1 aromatic heterocycles. The number of aromatic hydroxyl groups is 1. The molecule has 0 aliphatic rings. The summed E-state index contributed by atoms with van der Waals surface area (Å²) < 4.78 is 13.5. The fourth-order valence-electron chi connectivity index (χ4n) is 1.91. The van der Waals surface area contributed by atoms with Gasteiger partial charge in [-0.3, -0.25) is 0 Å². The molecule has 15 heavy (non-hydrogen) atoms. The van der Waals surface area contributed by atoms with E-state index in [1.54, 1.807) is 0 Å². The summed E-state index contributed by atoms with van der Waals surface area (Å²) in [6.45, 7) is 0. The molecular formula is C12H8FNO. The number of para-hydroxylation sites is 1. The Morgan fingerprint density at radius 1 is 1.07 bits per heavy atom. The SMILES string of the molecule is Oc1ccc(F)c2[nH]c3ccccc3c12. The van der Waals surface area contributed by atoms with E-state index < -0.39 is 0 Å². The molecule has 0 bridgehead atoms. The number of phenols is 1. The number of nitrogens with one attached hydrogen (secondary N) is 1. The molecule has 0 aliphatic heterocycles. The van der Waals surface area contributed by atoms with Gasteiger partial charge in [0.25, 0.3) is 0 Å². The molecule has 0 saturated heterocycles. The summed E-state index contributed by atoms with van der Waals surface area (Å²) in [4.78, 5) is 2.95. The van der Waals surface area contributed by atoms with Crippen molar-refractivity contribution in [3.8, 4) is 5.75 Å². The van der Waals surface area contributed by atoms with Crippen molar-refractivity contribution in [1.82, 2.24) is 4.98 Å². The van der Waals surface area contributed by atoms with Crippen LogP contribution in [0.1, 0.15) is 0 Å². The van der Waals surface area contributed by atoms with Gasteiger partial charge in [0, 0.05) is 10.9 Å². The number of fused-ring (bicyclic) bond motifs is 3. The molecule has 2 N–H and O–H groups in total. The van der Waals surface area contributed by atoms with Crippen molar-refractivity contribution < 1.29 is 9.50 Å². The lowest BCUT2D eigenvalue weighted by molar-refractivity contribution is 0.480. The van der Waals surface area contributed by atoms with E-state index in [0.717, 1.165) is 10.9 Å². The Bertz CT molecular complexity index is 657. The molecule has 3 heteroatoms. The average Bonchev–Trinajstić information content (AvgIpc) is 2.64. The molecule has 0 spiro atoms. The largest absolute Gasteiger partial charge is 0.507 e. The number of benzene rings is 2. The molecule has 0 radical (unpaired) electrons. The van der Waals surface area contributed by atoms with Crippen molar-refractivity contribution >= 4 is 21.8 Å². The molecule has 2 aromatic carbocycles. The highest BCUT2D eigenvalue weighted by molar-refractivity contribution is 6.10. The lowest BCUT2D eigenvalue weighted by atomic mass is 10.1. The predicted octanol–water partition coefficient (Wildman–Crippen LogP) is 3.17. The van der Waals surface area contributed by atoms with Crippen LogP contribution in [0.25, 0.3) is 21.8 Å². The molecule has 74 valence electrons. The van der Waals surface area contributed by atoms with Crippen LogP contribution in [-0.2, 0) is 0 Å². The van der Waals surface area contributed by atoms with Crippen LogP contribution >= 0.6 is 0 Å². The molecular weight excluding hydrogens is 193 g/mol. The minimum atomic E-state index is -0.348. The third kappa shape index (κ3) is 1.03. The minimum Gasteiger partial charge on any atom is -0.507 e. The first-order valence-corrected chi connectivity index (χ1v) is 4.65. The normalized spacial score (nSPS) is 11.3. The first-order valence-electron chi connectivity index (χ1n) is 4.65. The van der Waals surface area contributed by atoms with Crippen molar-refractivity contribution in [2.24, 2.45) is 0 Å². The number of rotatable bonds is 0. The molecule has 0 atom stereocenters. The minimum absolute atomic E-state index is 0.101. The number of aromatic amines is 1. The summed E-state index contributed by atoms with van der Waals surface area (Å²) in [5.41, 5.74) is 1.18. The molecule has 0 unspecified atom stereocenters.